The van der Waals surface area contributed by atoms with E-state index in [-0.39, 0.29) is 11.5 Å². The van der Waals surface area contributed by atoms with E-state index >= 15 is 0 Å². The molecule has 1 atom stereocenters. The molecular formula is C18H20F2N2O4S. The maximum absolute atomic E-state index is 12.7. The number of esters is 1. The lowest BCUT2D eigenvalue weighted by atomic mass is 9.94. The molecule has 0 saturated heterocycles. The molecule has 146 valence electrons. The van der Waals surface area contributed by atoms with E-state index in [1.807, 2.05) is 0 Å². The summed E-state index contributed by atoms with van der Waals surface area (Å²) in [6.07, 6.45) is 1.65. The van der Waals surface area contributed by atoms with E-state index in [1.54, 1.807) is 24.0 Å². The molecule has 0 radical (unpaired) electrons. The summed E-state index contributed by atoms with van der Waals surface area (Å²) in [6.45, 7) is 2.79. The number of rotatable bonds is 7. The van der Waals surface area contributed by atoms with Crippen LogP contribution >= 0.6 is 12.2 Å². The minimum Gasteiger partial charge on any atom is -0.493 e. The average molecular weight is 398 g/mol. The van der Waals surface area contributed by atoms with Crippen molar-refractivity contribution in [1.29, 1.82) is 0 Å². The van der Waals surface area contributed by atoms with Crippen molar-refractivity contribution in [3.05, 3.63) is 47.7 Å². The van der Waals surface area contributed by atoms with Crippen molar-refractivity contribution in [2.24, 2.45) is 0 Å². The molecule has 1 aliphatic rings. The number of halogens is 2. The Labute approximate surface area is 161 Å². The minimum atomic E-state index is -3.02. The zero-order valence-corrected chi connectivity index (χ0v) is 15.9. The van der Waals surface area contributed by atoms with E-state index in [9.17, 15) is 13.6 Å². The highest BCUT2D eigenvalue weighted by atomic mass is 32.1. The van der Waals surface area contributed by atoms with E-state index in [0.717, 1.165) is 0 Å². The number of allylic oxidation sites excluding steroid dienone is 1. The van der Waals surface area contributed by atoms with Crippen LogP contribution in [0.25, 0.3) is 0 Å². The summed E-state index contributed by atoms with van der Waals surface area (Å²) in [4.78, 5) is 14.1. The Hall–Kier alpha value is -2.68. The van der Waals surface area contributed by atoms with Crippen molar-refractivity contribution in [2.75, 3.05) is 20.8 Å². The summed E-state index contributed by atoms with van der Waals surface area (Å²) < 4.78 is 39.9. The number of benzene rings is 1. The summed E-state index contributed by atoms with van der Waals surface area (Å²) in [5, 5.41) is 3.42. The number of nitrogens with zero attached hydrogens (tertiary/aromatic N) is 1. The molecule has 2 rings (SSSR count). The van der Waals surface area contributed by atoms with Gasteiger partial charge in [-0.25, -0.2) is 4.79 Å². The van der Waals surface area contributed by atoms with Gasteiger partial charge in [-0.05, 0) is 36.8 Å². The number of methoxy groups -OCH3 is 2. The summed E-state index contributed by atoms with van der Waals surface area (Å²) >= 11 is 5.38. The zero-order chi connectivity index (χ0) is 20.1. The van der Waals surface area contributed by atoms with Crippen LogP contribution in [0.15, 0.2) is 42.1 Å². The van der Waals surface area contributed by atoms with Gasteiger partial charge in [-0.3, -0.25) is 0 Å². The van der Waals surface area contributed by atoms with E-state index in [2.05, 4.69) is 16.6 Å². The van der Waals surface area contributed by atoms with Crippen LogP contribution in [0.3, 0.4) is 0 Å². The maximum atomic E-state index is 12.7. The summed E-state index contributed by atoms with van der Waals surface area (Å²) in [5.74, 6) is -0.562. The number of ether oxygens (including phenoxy) is 3. The third-order valence-electron chi connectivity index (χ3n) is 4.05. The fraction of sp³-hybridized carbons (Fsp3) is 0.333. The molecule has 0 saturated carbocycles. The third kappa shape index (κ3) is 4.36. The monoisotopic (exact) mass is 398 g/mol. The van der Waals surface area contributed by atoms with Gasteiger partial charge in [-0.1, -0.05) is 12.1 Å². The van der Waals surface area contributed by atoms with Crippen molar-refractivity contribution >= 4 is 23.3 Å². The second-order valence-corrected chi connectivity index (χ2v) is 5.95. The molecule has 1 aromatic carbocycles. The minimum absolute atomic E-state index is 0.144. The van der Waals surface area contributed by atoms with E-state index in [0.29, 0.717) is 28.5 Å². The van der Waals surface area contributed by atoms with E-state index in [4.69, 9.17) is 21.7 Å². The van der Waals surface area contributed by atoms with Gasteiger partial charge in [0.2, 0.25) is 0 Å². The van der Waals surface area contributed by atoms with E-state index in [1.165, 1.54) is 26.4 Å². The Kier molecular flexibility index (Phi) is 6.73. The molecular weight excluding hydrogens is 378 g/mol. The first-order valence-electron chi connectivity index (χ1n) is 7.94. The fourth-order valence-electron chi connectivity index (χ4n) is 2.82. The second-order valence-electron chi connectivity index (χ2n) is 5.56. The first-order chi connectivity index (χ1) is 12.8. The van der Waals surface area contributed by atoms with Gasteiger partial charge in [0.05, 0.1) is 25.8 Å². The van der Waals surface area contributed by atoms with Crippen LogP contribution < -0.4 is 14.8 Å². The van der Waals surface area contributed by atoms with Gasteiger partial charge in [0, 0.05) is 12.2 Å². The third-order valence-corrected chi connectivity index (χ3v) is 4.39. The van der Waals surface area contributed by atoms with Crippen LogP contribution in [0.4, 0.5) is 8.78 Å². The van der Waals surface area contributed by atoms with Crippen LogP contribution in [0, 0.1) is 0 Å². The first kappa shape index (κ1) is 20.6. The Morgan fingerprint density at radius 1 is 1.41 bits per heavy atom. The Bertz CT molecular complexity index is 783. The Balaban J connectivity index is 2.56. The lowest BCUT2D eigenvalue weighted by Gasteiger charge is -2.37. The molecule has 0 spiro atoms. The van der Waals surface area contributed by atoms with Crippen LogP contribution in [0.5, 0.6) is 11.5 Å². The lowest BCUT2D eigenvalue weighted by Crippen LogP contribution is -2.47. The molecule has 27 heavy (non-hydrogen) atoms. The van der Waals surface area contributed by atoms with Crippen molar-refractivity contribution in [1.82, 2.24) is 10.2 Å². The Morgan fingerprint density at radius 2 is 2.11 bits per heavy atom. The molecule has 1 N–H and O–H groups in total. The fourth-order valence-corrected chi connectivity index (χ4v) is 3.14. The van der Waals surface area contributed by atoms with Gasteiger partial charge < -0.3 is 24.4 Å². The van der Waals surface area contributed by atoms with Gasteiger partial charge in [-0.2, -0.15) is 8.78 Å². The van der Waals surface area contributed by atoms with Gasteiger partial charge >= 0.3 is 12.6 Å². The summed E-state index contributed by atoms with van der Waals surface area (Å²) in [5.41, 5.74) is 1.38. The smallest absolute Gasteiger partial charge is 0.387 e. The number of alkyl halides is 2. The molecule has 6 nitrogen and oxygen atoms in total. The van der Waals surface area contributed by atoms with Crippen molar-refractivity contribution in [2.45, 2.75) is 19.6 Å². The van der Waals surface area contributed by atoms with Crippen LogP contribution in [0.2, 0.25) is 0 Å². The van der Waals surface area contributed by atoms with Gasteiger partial charge in [-0.15, -0.1) is 6.58 Å². The van der Waals surface area contributed by atoms with Crippen molar-refractivity contribution in [3.63, 3.8) is 0 Å². The topological polar surface area (TPSA) is 60.0 Å². The molecule has 0 unspecified atom stereocenters. The average Bonchev–Trinajstić information content (AvgIpc) is 2.63. The molecule has 9 heteroatoms. The zero-order valence-electron chi connectivity index (χ0n) is 15.1. The SMILES string of the molecule is C=CCN1C(=S)N[C@H](c2ccc(OC)c(OC(F)F)c2)C(C(=O)OC)=C1C. The number of carbonyl (C=O) groups excluding carboxylic acids is 1. The number of carbonyl (C=O) groups is 1. The molecule has 1 aliphatic heterocycles. The Morgan fingerprint density at radius 3 is 2.67 bits per heavy atom. The summed E-state index contributed by atoms with van der Waals surface area (Å²) in [7, 11) is 2.61. The van der Waals surface area contributed by atoms with Gasteiger partial charge in [0.25, 0.3) is 0 Å². The second kappa shape index (κ2) is 8.81. The summed E-state index contributed by atoms with van der Waals surface area (Å²) in [6, 6.07) is 3.80. The molecule has 0 amide bonds. The van der Waals surface area contributed by atoms with Crippen LogP contribution in [-0.4, -0.2) is 43.4 Å². The van der Waals surface area contributed by atoms with Crippen molar-refractivity contribution in [3.8, 4) is 11.5 Å². The van der Waals surface area contributed by atoms with Crippen molar-refractivity contribution < 1.29 is 27.8 Å². The highest BCUT2D eigenvalue weighted by molar-refractivity contribution is 7.80. The molecule has 0 aliphatic carbocycles. The standard InChI is InChI=1S/C18H20F2N2O4S/c1-5-8-22-10(2)14(16(23)25-4)15(21-18(22)27)11-6-7-12(24-3)13(9-11)26-17(19)20/h5-7,9,15,17H,1,8H2,2-4H3,(H,21,27)/t15-/m1/s1. The maximum Gasteiger partial charge on any atom is 0.387 e. The molecule has 0 bridgehead atoms. The predicted molar refractivity (Wildman–Crippen MR) is 99.7 cm³/mol. The van der Waals surface area contributed by atoms with Crippen LogP contribution in [0.1, 0.15) is 18.5 Å². The lowest BCUT2D eigenvalue weighted by molar-refractivity contribution is -0.136. The number of thiocarbonyl (C=S) groups is 1. The van der Waals surface area contributed by atoms with Crippen LogP contribution in [-0.2, 0) is 9.53 Å². The van der Waals surface area contributed by atoms with Gasteiger partial charge in [0.1, 0.15) is 0 Å². The highest BCUT2D eigenvalue weighted by Gasteiger charge is 2.34. The molecule has 0 fully saturated rings. The molecule has 1 heterocycles. The number of hydrogen-bond donors (Lipinski definition) is 1. The molecule has 0 aromatic heterocycles. The van der Waals surface area contributed by atoms with E-state index < -0.39 is 18.6 Å². The molecule has 1 aromatic rings. The first-order valence-corrected chi connectivity index (χ1v) is 8.35. The normalized spacial score (nSPS) is 16.9. The largest absolute Gasteiger partial charge is 0.493 e. The number of nitrogens with one attached hydrogen (secondary N) is 1. The predicted octanol–water partition coefficient (Wildman–Crippen LogP) is 3.16. The number of hydrogen-bond acceptors (Lipinski definition) is 5. The quantitative estimate of drug-likeness (QED) is 0.430. The van der Waals surface area contributed by atoms with Gasteiger partial charge in [0.15, 0.2) is 16.6 Å². The highest BCUT2D eigenvalue weighted by Crippen LogP contribution is 2.36.